The van der Waals surface area contributed by atoms with Gasteiger partial charge in [-0.15, -0.1) is 0 Å². The molecule has 0 unspecified atom stereocenters. The smallest absolute Gasteiger partial charge is 0.163 e. The van der Waals surface area contributed by atoms with Crippen LogP contribution in [0.4, 0.5) is 5.82 Å². The molecule has 0 aromatic carbocycles. The first kappa shape index (κ1) is 18.1. The molecule has 2 heterocycles. The Balaban J connectivity index is 1.79. The number of unbranched alkanes of at least 4 members (excludes halogenated alkanes) is 1. The van der Waals surface area contributed by atoms with Crippen LogP contribution in [-0.4, -0.2) is 37.5 Å². The van der Waals surface area contributed by atoms with Crippen molar-refractivity contribution in [2.45, 2.75) is 71.9 Å². The first-order valence-electron chi connectivity index (χ1n) is 9.70. The van der Waals surface area contributed by atoms with E-state index in [0.29, 0.717) is 11.8 Å². The molecule has 0 atom stereocenters. The van der Waals surface area contributed by atoms with Crippen LogP contribution in [0.2, 0.25) is 0 Å². The minimum Gasteiger partial charge on any atom is -0.393 e. The minimum absolute atomic E-state index is 0.0785. The molecule has 0 amide bonds. The van der Waals surface area contributed by atoms with Crippen LogP contribution in [0.3, 0.4) is 0 Å². The summed E-state index contributed by atoms with van der Waals surface area (Å²) in [5.41, 5.74) is 2.05. The largest absolute Gasteiger partial charge is 0.393 e. The molecule has 1 fully saturated rings. The maximum absolute atomic E-state index is 9.42. The summed E-state index contributed by atoms with van der Waals surface area (Å²) < 4.78 is 2.05. The van der Waals surface area contributed by atoms with Gasteiger partial charge in [0, 0.05) is 13.1 Å². The van der Waals surface area contributed by atoms with Crippen molar-refractivity contribution in [2.75, 3.05) is 11.9 Å². The van der Waals surface area contributed by atoms with Gasteiger partial charge in [-0.3, -0.25) is 0 Å². The van der Waals surface area contributed by atoms with Crippen LogP contribution < -0.4 is 5.32 Å². The van der Waals surface area contributed by atoms with E-state index >= 15 is 0 Å². The molecular formula is C19H31N5O. The zero-order valence-electron chi connectivity index (χ0n) is 15.7. The predicted octanol–water partition coefficient (Wildman–Crippen LogP) is 3.40. The van der Waals surface area contributed by atoms with Gasteiger partial charge in [0.2, 0.25) is 0 Å². The number of fused-ring (bicyclic) bond motifs is 1. The summed E-state index contributed by atoms with van der Waals surface area (Å²) in [6.07, 6.45) is 7.70. The molecule has 138 valence electrons. The monoisotopic (exact) mass is 345 g/mol. The molecule has 3 rings (SSSR count). The fourth-order valence-corrected chi connectivity index (χ4v) is 3.54. The molecule has 1 aliphatic carbocycles. The topological polar surface area (TPSA) is 75.9 Å². The van der Waals surface area contributed by atoms with Crippen LogP contribution in [0.1, 0.15) is 58.6 Å². The van der Waals surface area contributed by atoms with Gasteiger partial charge in [0.05, 0.1) is 17.2 Å². The highest BCUT2D eigenvalue weighted by atomic mass is 16.3. The molecule has 0 radical (unpaired) electrons. The first-order valence-corrected chi connectivity index (χ1v) is 9.70. The summed E-state index contributed by atoms with van der Waals surface area (Å²) in [5.74, 6) is 2.09. The van der Waals surface area contributed by atoms with Crippen LogP contribution in [0, 0.1) is 11.8 Å². The summed E-state index contributed by atoms with van der Waals surface area (Å²) in [4.78, 5) is 9.02. The quantitative estimate of drug-likeness (QED) is 0.728. The summed E-state index contributed by atoms with van der Waals surface area (Å²) in [6, 6.07) is 0. The number of aryl methyl sites for hydroxylation is 1. The number of hydrogen-bond donors (Lipinski definition) is 2. The molecule has 0 bridgehead atoms. The average molecular weight is 345 g/mol. The van der Waals surface area contributed by atoms with E-state index in [4.69, 9.17) is 5.10 Å². The van der Waals surface area contributed by atoms with Gasteiger partial charge in [-0.25, -0.2) is 14.6 Å². The Kier molecular flexibility index (Phi) is 5.89. The summed E-state index contributed by atoms with van der Waals surface area (Å²) >= 11 is 0. The highest BCUT2D eigenvalue weighted by molar-refractivity contribution is 5.89. The average Bonchev–Trinajstić information content (AvgIpc) is 2.89. The van der Waals surface area contributed by atoms with Crippen LogP contribution in [0.25, 0.3) is 11.0 Å². The van der Waals surface area contributed by atoms with Crippen LogP contribution >= 0.6 is 0 Å². The maximum Gasteiger partial charge on any atom is 0.163 e. The fraction of sp³-hybridized carbons (Fsp3) is 0.737. The molecular weight excluding hydrogens is 314 g/mol. The Morgan fingerprint density at radius 1 is 1.32 bits per heavy atom. The molecule has 1 saturated carbocycles. The lowest BCUT2D eigenvalue weighted by Crippen LogP contribution is -2.29. The van der Waals surface area contributed by atoms with Gasteiger partial charge in [-0.05, 0) is 43.9 Å². The van der Waals surface area contributed by atoms with E-state index in [1.54, 1.807) is 6.33 Å². The molecule has 0 aliphatic heterocycles. The maximum atomic E-state index is 9.42. The lowest BCUT2D eigenvalue weighted by atomic mass is 9.80. The van der Waals surface area contributed by atoms with Crippen molar-refractivity contribution in [1.29, 1.82) is 0 Å². The highest BCUT2D eigenvalue weighted by Gasteiger charge is 2.26. The highest BCUT2D eigenvalue weighted by Crippen LogP contribution is 2.30. The Hall–Kier alpha value is -1.69. The second-order valence-corrected chi connectivity index (χ2v) is 7.75. The van der Waals surface area contributed by atoms with E-state index in [9.17, 15) is 5.11 Å². The van der Waals surface area contributed by atoms with Crippen molar-refractivity contribution < 1.29 is 5.11 Å². The third-order valence-electron chi connectivity index (χ3n) is 4.98. The first-order chi connectivity index (χ1) is 12.1. The zero-order valence-corrected chi connectivity index (χ0v) is 15.7. The predicted molar refractivity (Wildman–Crippen MR) is 101 cm³/mol. The number of hydrogen-bond acceptors (Lipinski definition) is 5. The molecule has 6 heteroatoms. The molecule has 1 aliphatic rings. The van der Waals surface area contributed by atoms with E-state index in [0.717, 1.165) is 74.2 Å². The molecule has 2 N–H and O–H groups in total. The minimum atomic E-state index is -0.0785. The Morgan fingerprint density at radius 3 is 2.80 bits per heavy atom. The number of aliphatic hydroxyl groups excluding tert-OH is 1. The van der Waals surface area contributed by atoms with Gasteiger partial charge in [0.1, 0.15) is 12.1 Å². The molecule has 2 aromatic heterocycles. The van der Waals surface area contributed by atoms with Gasteiger partial charge in [-0.1, -0.05) is 27.2 Å². The number of aromatic nitrogens is 4. The summed E-state index contributed by atoms with van der Waals surface area (Å²) in [6.45, 7) is 8.41. The third kappa shape index (κ3) is 4.29. The Labute approximate surface area is 150 Å². The standard InChI is InChI=1S/C19H31N5O/c1-4-5-8-24-19-17(16(23-24)9-13(2)3)18(21-12-22-19)20-7-6-14-10-15(25)11-14/h12-15,25H,4-11H2,1-3H3,(H,20,21,22). The van der Waals surface area contributed by atoms with Gasteiger partial charge in [-0.2, -0.15) is 5.10 Å². The lowest BCUT2D eigenvalue weighted by Gasteiger charge is -2.31. The fourth-order valence-electron chi connectivity index (χ4n) is 3.54. The van der Waals surface area contributed by atoms with Gasteiger partial charge < -0.3 is 10.4 Å². The summed E-state index contributed by atoms with van der Waals surface area (Å²) in [5, 5.41) is 18.8. The number of rotatable bonds is 9. The van der Waals surface area contributed by atoms with E-state index in [-0.39, 0.29) is 6.10 Å². The van der Waals surface area contributed by atoms with Gasteiger partial charge >= 0.3 is 0 Å². The number of anilines is 1. The molecule has 0 spiro atoms. The van der Waals surface area contributed by atoms with E-state index in [1.165, 1.54) is 0 Å². The number of aliphatic hydroxyl groups is 1. The van der Waals surface area contributed by atoms with E-state index in [1.807, 2.05) is 4.68 Å². The molecule has 0 saturated heterocycles. The molecule has 6 nitrogen and oxygen atoms in total. The van der Waals surface area contributed by atoms with E-state index in [2.05, 4.69) is 36.1 Å². The van der Waals surface area contributed by atoms with Crippen LogP contribution in [0.5, 0.6) is 0 Å². The van der Waals surface area contributed by atoms with Crippen molar-refractivity contribution in [3.05, 3.63) is 12.0 Å². The third-order valence-corrected chi connectivity index (χ3v) is 4.98. The van der Waals surface area contributed by atoms with Crippen LogP contribution in [0.15, 0.2) is 6.33 Å². The van der Waals surface area contributed by atoms with Crippen molar-refractivity contribution in [2.24, 2.45) is 11.8 Å². The van der Waals surface area contributed by atoms with Crippen molar-refractivity contribution in [3.8, 4) is 0 Å². The van der Waals surface area contributed by atoms with Crippen LogP contribution in [-0.2, 0) is 13.0 Å². The van der Waals surface area contributed by atoms with Crippen molar-refractivity contribution >= 4 is 16.9 Å². The zero-order chi connectivity index (χ0) is 17.8. The SMILES string of the molecule is CCCCn1nc(CC(C)C)c2c(NCCC3CC(O)C3)ncnc21. The van der Waals surface area contributed by atoms with E-state index < -0.39 is 0 Å². The van der Waals surface area contributed by atoms with Gasteiger partial charge in [0.25, 0.3) is 0 Å². The lowest BCUT2D eigenvalue weighted by molar-refractivity contribution is 0.0408. The molecule has 25 heavy (non-hydrogen) atoms. The second-order valence-electron chi connectivity index (χ2n) is 7.75. The number of nitrogens with one attached hydrogen (secondary N) is 1. The Bertz CT molecular complexity index is 690. The van der Waals surface area contributed by atoms with Crippen molar-refractivity contribution in [3.63, 3.8) is 0 Å². The second kappa shape index (κ2) is 8.13. The van der Waals surface area contributed by atoms with Crippen molar-refractivity contribution in [1.82, 2.24) is 19.7 Å². The number of nitrogens with zero attached hydrogens (tertiary/aromatic N) is 4. The molecule has 2 aromatic rings. The summed E-state index contributed by atoms with van der Waals surface area (Å²) in [7, 11) is 0. The normalized spacial score (nSPS) is 20.2. The Morgan fingerprint density at radius 2 is 2.12 bits per heavy atom. The van der Waals surface area contributed by atoms with Gasteiger partial charge in [0.15, 0.2) is 5.65 Å².